The SMILES string of the molecule is O=C(N[C@H](C(=O)N1C[C@H](Cl)[C@H]2OCC(=O)[C@H]21)C1CCCCC1)c1ccc(-c2ccc[n+](O)c2)s1. The Morgan fingerprint density at radius 1 is 1.24 bits per heavy atom. The van der Waals surface area contributed by atoms with Gasteiger partial charge in [-0.3, -0.25) is 19.6 Å². The maximum atomic E-state index is 13.7. The molecule has 2 aliphatic heterocycles. The van der Waals surface area contributed by atoms with Gasteiger partial charge in [0, 0.05) is 22.2 Å². The molecule has 0 aromatic carbocycles. The number of amides is 2. The van der Waals surface area contributed by atoms with Crippen LogP contribution in [0.1, 0.15) is 41.8 Å². The number of pyridine rings is 1. The van der Waals surface area contributed by atoms with Gasteiger partial charge in [0.2, 0.25) is 18.3 Å². The molecule has 2 saturated heterocycles. The molecule has 1 saturated carbocycles. The molecule has 2 aromatic heterocycles. The van der Waals surface area contributed by atoms with E-state index in [0.717, 1.165) is 47.3 Å². The van der Waals surface area contributed by atoms with Crippen LogP contribution in [0.3, 0.4) is 0 Å². The van der Waals surface area contributed by atoms with Crippen LogP contribution in [0.2, 0.25) is 0 Å². The first-order chi connectivity index (χ1) is 16.4. The molecule has 3 fully saturated rings. The number of halogens is 1. The van der Waals surface area contributed by atoms with Gasteiger partial charge in [-0.1, -0.05) is 19.3 Å². The molecule has 5 rings (SSSR count). The number of Topliss-reactive ketones (excluding diaryl/α,β-unsaturated/α-hetero) is 1. The Morgan fingerprint density at radius 2 is 2.03 bits per heavy atom. The van der Waals surface area contributed by atoms with Crippen molar-refractivity contribution in [2.45, 2.75) is 55.7 Å². The van der Waals surface area contributed by atoms with Gasteiger partial charge in [0.25, 0.3) is 5.91 Å². The number of likely N-dealkylation sites (tertiary alicyclic amines) is 1. The summed E-state index contributed by atoms with van der Waals surface area (Å²) >= 11 is 7.70. The van der Waals surface area contributed by atoms with Crippen LogP contribution < -0.4 is 10.0 Å². The molecule has 2 amide bonds. The average molecular weight is 505 g/mol. The number of ether oxygens (including phenoxy) is 1. The summed E-state index contributed by atoms with van der Waals surface area (Å²) in [5, 5.41) is 12.2. The van der Waals surface area contributed by atoms with Crippen molar-refractivity contribution in [3.63, 3.8) is 0 Å². The third kappa shape index (κ3) is 4.44. The molecule has 0 unspecified atom stereocenters. The zero-order valence-corrected chi connectivity index (χ0v) is 20.1. The summed E-state index contributed by atoms with van der Waals surface area (Å²) in [4.78, 5) is 42.2. The van der Waals surface area contributed by atoms with Crippen molar-refractivity contribution in [1.82, 2.24) is 10.2 Å². The number of alkyl halides is 1. The average Bonchev–Trinajstić information content (AvgIpc) is 3.56. The van der Waals surface area contributed by atoms with E-state index in [-0.39, 0.29) is 36.7 Å². The maximum absolute atomic E-state index is 13.7. The van der Waals surface area contributed by atoms with Crippen LogP contribution in [0.4, 0.5) is 0 Å². The number of fused-ring (bicyclic) bond motifs is 1. The van der Waals surface area contributed by atoms with Crippen LogP contribution in [-0.2, 0) is 14.3 Å². The summed E-state index contributed by atoms with van der Waals surface area (Å²) in [6, 6.07) is 5.72. The highest BCUT2D eigenvalue weighted by Gasteiger charge is 2.53. The van der Waals surface area contributed by atoms with Gasteiger partial charge in [0.1, 0.15) is 24.8 Å². The van der Waals surface area contributed by atoms with Gasteiger partial charge >= 0.3 is 0 Å². The van der Waals surface area contributed by atoms with Gasteiger partial charge in [-0.2, -0.15) is 0 Å². The summed E-state index contributed by atoms with van der Waals surface area (Å²) in [6.07, 6.45) is 7.43. The highest BCUT2D eigenvalue weighted by Crippen LogP contribution is 2.34. The fourth-order valence-corrected chi connectivity index (χ4v) is 6.55. The molecule has 1 aliphatic carbocycles. The van der Waals surface area contributed by atoms with E-state index in [9.17, 15) is 19.6 Å². The minimum absolute atomic E-state index is 0.0114. The molecule has 4 heterocycles. The van der Waals surface area contributed by atoms with E-state index in [0.29, 0.717) is 4.88 Å². The first-order valence-electron chi connectivity index (χ1n) is 11.6. The third-order valence-electron chi connectivity index (χ3n) is 6.98. The second-order valence-corrected chi connectivity index (χ2v) is 10.8. The van der Waals surface area contributed by atoms with E-state index >= 15 is 0 Å². The van der Waals surface area contributed by atoms with Gasteiger partial charge in [0.05, 0.1) is 15.8 Å². The fourth-order valence-electron chi connectivity index (χ4n) is 5.29. The Bertz CT molecular complexity index is 1100. The van der Waals surface area contributed by atoms with E-state index in [1.54, 1.807) is 18.3 Å². The maximum Gasteiger partial charge on any atom is 0.262 e. The quantitative estimate of drug-likeness (QED) is 0.370. The first kappa shape index (κ1) is 23.3. The number of rotatable bonds is 5. The molecule has 3 aliphatic rings. The molecular formula is C24H27ClN3O5S+. The Hall–Kier alpha value is -2.49. The van der Waals surface area contributed by atoms with Gasteiger partial charge in [-0.05, 0) is 37.0 Å². The number of carbonyl (C=O) groups is 3. The molecule has 0 spiro atoms. The monoisotopic (exact) mass is 504 g/mol. The summed E-state index contributed by atoms with van der Waals surface area (Å²) < 4.78 is 6.50. The molecule has 2 aromatic rings. The van der Waals surface area contributed by atoms with Crippen LogP contribution in [-0.4, -0.2) is 64.4 Å². The van der Waals surface area contributed by atoms with Crippen molar-refractivity contribution in [2.75, 3.05) is 13.2 Å². The normalized spacial score (nSPS) is 25.9. The number of thiophene rings is 1. The minimum Gasteiger partial charge on any atom is -0.366 e. The minimum atomic E-state index is -0.717. The van der Waals surface area contributed by atoms with Crippen LogP contribution >= 0.6 is 22.9 Å². The first-order valence-corrected chi connectivity index (χ1v) is 12.9. The highest BCUT2D eigenvalue weighted by molar-refractivity contribution is 7.17. The second-order valence-electron chi connectivity index (χ2n) is 9.18. The van der Waals surface area contributed by atoms with Gasteiger partial charge in [-0.25, -0.2) is 0 Å². The van der Waals surface area contributed by atoms with Crippen LogP contribution in [0.15, 0.2) is 36.7 Å². The molecule has 0 bridgehead atoms. The number of nitrogens with one attached hydrogen (secondary N) is 1. The lowest BCUT2D eigenvalue weighted by molar-refractivity contribution is -0.904. The molecule has 0 radical (unpaired) electrons. The lowest BCUT2D eigenvalue weighted by Crippen LogP contribution is -2.55. The Labute approximate surface area is 206 Å². The molecule has 8 nitrogen and oxygen atoms in total. The van der Waals surface area contributed by atoms with Crippen LogP contribution in [0.5, 0.6) is 0 Å². The fraction of sp³-hybridized carbons (Fsp3) is 0.500. The molecule has 10 heteroatoms. The number of aromatic nitrogens is 1. The van der Waals surface area contributed by atoms with Crippen molar-refractivity contribution in [3.8, 4) is 10.4 Å². The van der Waals surface area contributed by atoms with Gasteiger partial charge < -0.3 is 15.0 Å². The summed E-state index contributed by atoms with van der Waals surface area (Å²) in [6.45, 7) is 0.201. The van der Waals surface area contributed by atoms with E-state index in [1.807, 2.05) is 12.1 Å². The standard InChI is InChI=1S/C24H26ClN3O5S/c25-16-12-28(21-17(29)13-33-22(16)21)24(31)20(14-5-2-1-3-6-14)26-23(30)19-9-8-18(34-19)15-7-4-10-27(32)11-15/h4,7-11,14,16,20-22H,1-3,5-6,12-13H2,(H-,26,30,32)/p+1/t16-,20-,21+,22+/m0/s1. The summed E-state index contributed by atoms with van der Waals surface area (Å²) in [5.74, 6) is -0.696. The summed E-state index contributed by atoms with van der Waals surface area (Å²) in [7, 11) is 0. The van der Waals surface area contributed by atoms with Crippen molar-refractivity contribution < 1.29 is 29.1 Å². The van der Waals surface area contributed by atoms with Gasteiger partial charge in [-0.15, -0.1) is 22.9 Å². The zero-order valence-electron chi connectivity index (χ0n) is 18.6. The second kappa shape index (κ2) is 9.64. The van der Waals surface area contributed by atoms with Crippen molar-refractivity contribution in [3.05, 3.63) is 41.5 Å². The summed E-state index contributed by atoms with van der Waals surface area (Å²) in [5.41, 5.74) is 0.782. The molecular weight excluding hydrogens is 478 g/mol. The molecule has 4 atom stereocenters. The van der Waals surface area contributed by atoms with E-state index < -0.39 is 23.6 Å². The topological polar surface area (TPSA) is 99.8 Å². The smallest absolute Gasteiger partial charge is 0.262 e. The zero-order chi connectivity index (χ0) is 23.8. The third-order valence-corrected chi connectivity index (χ3v) is 8.50. The van der Waals surface area contributed by atoms with Crippen molar-refractivity contribution in [1.29, 1.82) is 0 Å². The van der Waals surface area contributed by atoms with E-state index in [4.69, 9.17) is 16.3 Å². The number of hydrogen-bond donors (Lipinski definition) is 2. The Kier molecular flexibility index (Phi) is 6.59. The Morgan fingerprint density at radius 3 is 2.79 bits per heavy atom. The lowest BCUT2D eigenvalue weighted by Gasteiger charge is -2.34. The lowest BCUT2D eigenvalue weighted by atomic mass is 9.83. The number of ketones is 1. The molecule has 180 valence electrons. The Balaban J connectivity index is 1.37. The van der Waals surface area contributed by atoms with Crippen LogP contribution in [0, 0.1) is 5.92 Å². The molecule has 2 N–H and O–H groups in total. The van der Waals surface area contributed by atoms with Gasteiger partial charge in [0.15, 0.2) is 5.78 Å². The predicted octanol–water partition coefficient (Wildman–Crippen LogP) is 2.40. The number of nitrogens with zero attached hydrogens (tertiary/aromatic N) is 2. The van der Waals surface area contributed by atoms with Crippen molar-refractivity contribution in [2.24, 2.45) is 5.92 Å². The molecule has 34 heavy (non-hydrogen) atoms. The van der Waals surface area contributed by atoms with Crippen molar-refractivity contribution >= 4 is 40.5 Å². The van der Waals surface area contributed by atoms with Crippen LogP contribution in [0.25, 0.3) is 10.4 Å². The largest absolute Gasteiger partial charge is 0.366 e. The van der Waals surface area contributed by atoms with E-state index in [1.165, 1.54) is 22.4 Å². The number of hydrogen-bond acceptors (Lipinski definition) is 6. The number of carbonyl (C=O) groups excluding carboxylic acids is 3. The van der Waals surface area contributed by atoms with E-state index in [2.05, 4.69) is 5.32 Å². The predicted molar refractivity (Wildman–Crippen MR) is 125 cm³/mol. The highest BCUT2D eigenvalue weighted by atomic mass is 35.5.